The van der Waals surface area contributed by atoms with Gasteiger partial charge in [-0.25, -0.2) is 0 Å². The molecule has 0 aromatic carbocycles. The molecule has 0 rings (SSSR count). The topological polar surface area (TPSA) is 18.5 Å². The van der Waals surface area contributed by atoms with E-state index in [9.17, 15) is 0 Å². The van der Waals surface area contributed by atoms with Gasteiger partial charge in [0.2, 0.25) is 0 Å². The molecule has 2 heteroatoms. The number of rotatable bonds is 14. The van der Waals surface area contributed by atoms with Gasteiger partial charge in [-0.05, 0) is 45.4 Å². The summed E-state index contributed by atoms with van der Waals surface area (Å²) in [5, 5.41) is 0. The first-order chi connectivity index (χ1) is 11.0. The van der Waals surface area contributed by atoms with Gasteiger partial charge in [-0.1, -0.05) is 58.4 Å². The Morgan fingerprint density at radius 1 is 0.913 bits per heavy atom. The second-order valence-electron chi connectivity index (χ2n) is 6.89. The van der Waals surface area contributed by atoms with Crippen molar-refractivity contribution in [1.29, 1.82) is 0 Å². The van der Waals surface area contributed by atoms with Crippen LogP contribution in [0.4, 0.5) is 0 Å². The summed E-state index contributed by atoms with van der Waals surface area (Å²) in [7, 11) is 3.62. The van der Waals surface area contributed by atoms with Gasteiger partial charge in [0.15, 0.2) is 0 Å². The zero-order valence-corrected chi connectivity index (χ0v) is 17.0. The van der Waals surface area contributed by atoms with Gasteiger partial charge < -0.3 is 9.47 Å². The average Bonchev–Trinajstić information content (AvgIpc) is 2.56. The minimum absolute atomic E-state index is 0.00282. The largest absolute Gasteiger partial charge is 0.385 e. The first-order valence-corrected chi connectivity index (χ1v) is 9.65. The third kappa shape index (κ3) is 16.3. The van der Waals surface area contributed by atoms with Gasteiger partial charge >= 0.3 is 0 Å². The highest BCUT2D eigenvalue weighted by atomic mass is 16.5. The van der Waals surface area contributed by atoms with E-state index < -0.39 is 0 Å². The molecule has 0 bridgehead atoms. The van der Waals surface area contributed by atoms with E-state index in [2.05, 4.69) is 34.3 Å². The molecule has 140 valence electrons. The molecule has 0 aliphatic carbocycles. The number of hydrogen-bond donors (Lipinski definition) is 0. The van der Waals surface area contributed by atoms with Crippen molar-refractivity contribution in [2.45, 2.75) is 97.5 Å². The molecule has 0 amide bonds. The Kier molecular flexibility index (Phi) is 19.5. The predicted molar refractivity (Wildman–Crippen MR) is 104 cm³/mol. The van der Waals surface area contributed by atoms with Crippen molar-refractivity contribution < 1.29 is 9.47 Å². The van der Waals surface area contributed by atoms with E-state index in [1.807, 2.05) is 13.2 Å². The standard InChI is InChI=1S/C17H36O2.C4H8/c1-6-7-8-9-10-11-13-16(14-12-15-18-4)17(2,3)19-5;1-3-4-2/h16H,6-15H2,1-5H3;3H,1,4H2,2H3. The Bertz CT molecular complexity index is 236. The summed E-state index contributed by atoms with van der Waals surface area (Å²) < 4.78 is 10.9. The van der Waals surface area contributed by atoms with Crippen molar-refractivity contribution in [1.82, 2.24) is 0 Å². The lowest BCUT2D eigenvalue weighted by atomic mass is 9.82. The van der Waals surface area contributed by atoms with Crippen LogP contribution in [0.5, 0.6) is 0 Å². The van der Waals surface area contributed by atoms with Gasteiger partial charge in [0.05, 0.1) is 5.60 Å². The van der Waals surface area contributed by atoms with Crippen LogP contribution in [-0.4, -0.2) is 26.4 Å². The fourth-order valence-electron chi connectivity index (χ4n) is 2.65. The second-order valence-corrected chi connectivity index (χ2v) is 6.89. The van der Waals surface area contributed by atoms with Crippen LogP contribution in [-0.2, 0) is 9.47 Å². The SMILES string of the molecule is C=CCC.CCCCCCCCC(CCCOC)C(C)(C)OC. The van der Waals surface area contributed by atoms with E-state index in [-0.39, 0.29) is 5.60 Å². The average molecular weight is 329 g/mol. The Morgan fingerprint density at radius 3 is 1.91 bits per heavy atom. The Morgan fingerprint density at radius 2 is 1.43 bits per heavy atom. The maximum atomic E-state index is 5.69. The number of unbranched alkanes of at least 4 members (excludes halogenated alkanes) is 5. The molecule has 0 aromatic heterocycles. The van der Waals surface area contributed by atoms with Crippen LogP contribution >= 0.6 is 0 Å². The molecule has 0 aromatic rings. The highest BCUT2D eigenvalue weighted by molar-refractivity contribution is 4.79. The van der Waals surface area contributed by atoms with E-state index in [1.54, 1.807) is 7.11 Å². The molecule has 0 saturated carbocycles. The van der Waals surface area contributed by atoms with Crippen LogP contribution in [0.1, 0.15) is 91.9 Å². The molecule has 0 saturated heterocycles. The van der Waals surface area contributed by atoms with Crippen LogP contribution < -0.4 is 0 Å². The Hall–Kier alpha value is -0.340. The normalized spacial score (nSPS) is 12.4. The minimum Gasteiger partial charge on any atom is -0.385 e. The highest BCUT2D eigenvalue weighted by Crippen LogP contribution is 2.30. The van der Waals surface area contributed by atoms with E-state index in [1.165, 1.54) is 51.4 Å². The summed E-state index contributed by atoms with van der Waals surface area (Å²) in [5.41, 5.74) is -0.00282. The minimum atomic E-state index is -0.00282. The van der Waals surface area contributed by atoms with Crippen LogP contribution in [0.15, 0.2) is 12.7 Å². The van der Waals surface area contributed by atoms with Crippen LogP contribution in [0.2, 0.25) is 0 Å². The maximum absolute atomic E-state index is 5.69. The molecule has 1 atom stereocenters. The predicted octanol–water partition coefficient (Wildman–Crippen LogP) is 6.79. The van der Waals surface area contributed by atoms with Gasteiger partial charge in [0, 0.05) is 20.8 Å². The molecule has 23 heavy (non-hydrogen) atoms. The first kappa shape index (κ1) is 24.9. The van der Waals surface area contributed by atoms with Gasteiger partial charge in [-0.15, -0.1) is 6.58 Å². The summed E-state index contributed by atoms with van der Waals surface area (Å²) in [6, 6.07) is 0. The summed E-state index contributed by atoms with van der Waals surface area (Å²) in [6.45, 7) is 13.1. The molecule has 0 spiro atoms. The number of hydrogen-bond acceptors (Lipinski definition) is 2. The van der Waals surface area contributed by atoms with Crippen molar-refractivity contribution in [2.75, 3.05) is 20.8 Å². The molecule has 0 aliphatic rings. The monoisotopic (exact) mass is 328 g/mol. The summed E-state index contributed by atoms with van der Waals surface area (Å²) in [4.78, 5) is 0. The Balaban J connectivity index is 0. The van der Waals surface area contributed by atoms with Crippen molar-refractivity contribution in [3.63, 3.8) is 0 Å². The molecular weight excluding hydrogens is 284 g/mol. The van der Waals surface area contributed by atoms with Gasteiger partial charge in [0.25, 0.3) is 0 Å². The summed E-state index contributed by atoms with van der Waals surface area (Å²) in [5.74, 6) is 0.652. The van der Waals surface area contributed by atoms with Crippen molar-refractivity contribution >= 4 is 0 Å². The zero-order valence-electron chi connectivity index (χ0n) is 17.0. The third-order valence-electron chi connectivity index (χ3n) is 4.61. The lowest BCUT2D eigenvalue weighted by Gasteiger charge is -2.33. The third-order valence-corrected chi connectivity index (χ3v) is 4.61. The van der Waals surface area contributed by atoms with Crippen molar-refractivity contribution in [3.05, 3.63) is 12.7 Å². The zero-order chi connectivity index (χ0) is 18.0. The molecule has 2 nitrogen and oxygen atoms in total. The highest BCUT2D eigenvalue weighted by Gasteiger charge is 2.28. The molecular formula is C21H44O2. The quantitative estimate of drug-likeness (QED) is 0.258. The lowest BCUT2D eigenvalue weighted by molar-refractivity contribution is -0.0365. The van der Waals surface area contributed by atoms with Crippen molar-refractivity contribution in [3.8, 4) is 0 Å². The van der Waals surface area contributed by atoms with Crippen LogP contribution in [0.3, 0.4) is 0 Å². The molecule has 0 N–H and O–H groups in total. The van der Waals surface area contributed by atoms with Gasteiger partial charge in [-0.3, -0.25) is 0 Å². The molecule has 0 radical (unpaired) electrons. The number of ether oxygens (including phenoxy) is 2. The summed E-state index contributed by atoms with van der Waals surface area (Å²) >= 11 is 0. The molecule has 1 unspecified atom stereocenters. The van der Waals surface area contributed by atoms with E-state index in [0.29, 0.717) is 5.92 Å². The van der Waals surface area contributed by atoms with Crippen LogP contribution in [0, 0.1) is 5.92 Å². The first-order valence-electron chi connectivity index (χ1n) is 9.65. The van der Waals surface area contributed by atoms with E-state index >= 15 is 0 Å². The molecule has 0 aliphatic heterocycles. The van der Waals surface area contributed by atoms with Crippen molar-refractivity contribution in [2.24, 2.45) is 5.92 Å². The molecule has 0 fully saturated rings. The summed E-state index contributed by atoms with van der Waals surface area (Å²) in [6.07, 6.45) is 14.8. The van der Waals surface area contributed by atoms with E-state index in [4.69, 9.17) is 9.47 Å². The lowest BCUT2D eigenvalue weighted by Crippen LogP contribution is -2.33. The molecule has 0 heterocycles. The van der Waals surface area contributed by atoms with E-state index in [0.717, 1.165) is 19.4 Å². The van der Waals surface area contributed by atoms with Gasteiger partial charge in [0.1, 0.15) is 0 Å². The number of allylic oxidation sites excluding steroid dienone is 1. The Labute approximate surface area is 147 Å². The smallest absolute Gasteiger partial charge is 0.0650 e. The van der Waals surface area contributed by atoms with Crippen LogP contribution in [0.25, 0.3) is 0 Å². The number of methoxy groups -OCH3 is 2. The fraction of sp³-hybridized carbons (Fsp3) is 0.905. The fourth-order valence-corrected chi connectivity index (χ4v) is 2.65. The van der Waals surface area contributed by atoms with Gasteiger partial charge in [-0.2, -0.15) is 0 Å². The maximum Gasteiger partial charge on any atom is 0.0650 e. The second kappa shape index (κ2) is 18.0.